The molecule has 5 rings (SSSR count). The van der Waals surface area contributed by atoms with Gasteiger partial charge in [0, 0.05) is 49.0 Å². The van der Waals surface area contributed by atoms with Gasteiger partial charge in [0.25, 0.3) is 0 Å². The summed E-state index contributed by atoms with van der Waals surface area (Å²) in [5.74, 6) is 1.92. The van der Waals surface area contributed by atoms with Crippen molar-refractivity contribution in [2.75, 3.05) is 19.0 Å². The molecule has 11 heteroatoms. The molecule has 2 N–H and O–H groups in total. The number of aliphatic hydroxyl groups excluding tert-OH is 1. The predicted octanol–water partition coefficient (Wildman–Crippen LogP) is 2.80. The van der Waals surface area contributed by atoms with Gasteiger partial charge in [-0.05, 0) is 38.7 Å². The Morgan fingerprint density at radius 1 is 1.24 bits per heavy atom. The Balaban J connectivity index is 1.50. The van der Waals surface area contributed by atoms with Crippen molar-refractivity contribution in [1.29, 1.82) is 0 Å². The van der Waals surface area contributed by atoms with Crippen LogP contribution in [-0.2, 0) is 11.3 Å². The Hall–Kier alpha value is -3.31. The SMILES string of the molecule is COC[C@H](C)Nc1ncc2c(-c3cnn(Cc4nnc(C)o4)c3)cc([C@H]3CC[C@H](O)CC3)n2n1. The second kappa shape index (κ2) is 9.51. The molecule has 34 heavy (non-hydrogen) atoms. The van der Waals surface area contributed by atoms with Crippen molar-refractivity contribution in [3.63, 3.8) is 0 Å². The summed E-state index contributed by atoms with van der Waals surface area (Å²) in [6.45, 7) is 4.76. The van der Waals surface area contributed by atoms with Crippen LogP contribution in [0.1, 0.15) is 56.0 Å². The van der Waals surface area contributed by atoms with Crippen molar-refractivity contribution in [3.8, 4) is 11.1 Å². The molecule has 11 nitrogen and oxygen atoms in total. The van der Waals surface area contributed by atoms with Gasteiger partial charge in [0.1, 0.15) is 6.54 Å². The molecule has 0 saturated heterocycles. The first-order valence-electron chi connectivity index (χ1n) is 11.6. The molecule has 0 unspecified atom stereocenters. The van der Waals surface area contributed by atoms with E-state index in [0.29, 0.717) is 36.8 Å². The van der Waals surface area contributed by atoms with Gasteiger partial charge >= 0.3 is 0 Å². The lowest BCUT2D eigenvalue weighted by Gasteiger charge is -2.25. The molecule has 4 aromatic rings. The van der Waals surface area contributed by atoms with E-state index in [4.69, 9.17) is 14.3 Å². The Bertz CT molecular complexity index is 1250. The maximum Gasteiger partial charge on any atom is 0.241 e. The van der Waals surface area contributed by atoms with E-state index >= 15 is 0 Å². The number of nitrogens with one attached hydrogen (secondary N) is 1. The fraction of sp³-hybridized carbons (Fsp3) is 0.522. The summed E-state index contributed by atoms with van der Waals surface area (Å²) in [7, 11) is 1.68. The molecule has 4 aromatic heterocycles. The smallest absolute Gasteiger partial charge is 0.241 e. The van der Waals surface area contributed by atoms with E-state index in [1.165, 1.54) is 0 Å². The molecule has 1 atom stereocenters. The monoisotopic (exact) mass is 466 g/mol. The summed E-state index contributed by atoms with van der Waals surface area (Å²) in [5.41, 5.74) is 4.03. The average Bonchev–Trinajstić information content (AvgIpc) is 3.53. The summed E-state index contributed by atoms with van der Waals surface area (Å²) in [6.07, 6.45) is 8.89. The lowest BCUT2D eigenvalue weighted by atomic mass is 9.85. The van der Waals surface area contributed by atoms with Gasteiger partial charge in [-0.25, -0.2) is 9.50 Å². The third-order valence-electron chi connectivity index (χ3n) is 6.26. The lowest BCUT2D eigenvalue weighted by molar-refractivity contribution is 0.121. The van der Waals surface area contributed by atoms with E-state index in [2.05, 4.69) is 31.7 Å². The molecule has 1 aliphatic rings. The van der Waals surface area contributed by atoms with Gasteiger partial charge < -0.3 is 19.6 Å². The highest BCUT2D eigenvalue weighted by Gasteiger charge is 2.26. The maximum absolute atomic E-state index is 10.0. The van der Waals surface area contributed by atoms with Crippen molar-refractivity contribution < 1.29 is 14.3 Å². The minimum Gasteiger partial charge on any atom is -0.424 e. The topological polar surface area (TPSA) is 128 Å². The maximum atomic E-state index is 10.0. The minimum absolute atomic E-state index is 0.0809. The number of hydrogen-bond donors (Lipinski definition) is 2. The lowest BCUT2D eigenvalue weighted by Crippen LogP contribution is -2.23. The van der Waals surface area contributed by atoms with Crippen LogP contribution in [0.3, 0.4) is 0 Å². The first-order chi connectivity index (χ1) is 16.5. The third kappa shape index (κ3) is 4.66. The number of aromatic nitrogens is 7. The Kier molecular flexibility index (Phi) is 6.29. The predicted molar refractivity (Wildman–Crippen MR) is 125 cm³/mol. The fourth-order valence-electron chi connectivity index (χ4n) is 4.62. The number of hydrogen-bond acceptors (Lipinski definition) is 9. The van der Waals surface area contributed by atoms with Crippen molar-refractivity contribution >= 4 is 11.5 Å². The van der Waals surface area contributed by atoms with Crippen molar-refractivity contribution in [2.45, 2.75) is 64.1 Å². The van der Waals surface area contributed by atoms with E-state index in [9.17, 15) is 5.11 Å². The number of nitrogens with zero attached hydrogens (tertiary/aromatic N) is 7. The van der Waals surface area contributed by atoms with E-state index in [-0.39, 0.29) is 12.1 Å². The third-order valence-corrected chi connectivity index (χ3v) is 6.26. The highest BCUT2D eigenvalue weighted by atomic mass is 16.5. The van der Waals surface area contributed by atoms with E-state index in [1.54, 1.807) is 18.7 Å². The van der Waals surface area contributed by atoms with Crippen LogP contribution < -0.4 is 5.32 Å². The molecule has 180 valence electrons. The van der Waals surface area contributed by atoms with E-state index < -0.39 is 0 Å². The summed E-state index contributed by atoms with van der Waals surface area (Å²) in [4.78, 5) is 4.56. The highest BCUT2D eigenvalue weighted by Crippen LogP contribution is 2.37. The van der Waals surface area contributed by atoms with E-state index in [0.717, 1.165) is 48.0 Å². The van der Waals surface area contributed by atoms with Gasteiger partial charge in [0.05, 0.1) is 30.6 Å². The molecule has 0 aromatic carbocycles. The normalized spacial score (nSPS) is 19.5. The van der Waals surface area contributed by atoms with Crippen LogP contribution in [0.25, 0.3) is 16.6 Å². The van der Waals surface area contributed by atoms with Crippen LogP contribution in [0.4, 0.5) is 5.95 Å². The van der Waals surface area contributed by atoms with Crippen LogP contribution in [0.5, 0.6) is 0 Å². The van der Waals surface area contributed by atoms with Gasteiger partial charge in [-0.3, -0.25) is 4.68 Å². The van der Waals surface area contributed by atoms with E-state index in [1.807, 2.05) is 30.0 Å². The molecule has 0 spiro atoms. The Morgan fingerprint density at radius 2 is 2.06 bits per heavy atom. The molecule has 0 radical (unpaired) electrons. The number of methoxy groups -OCH3 is 1. The zero-order valence-electron chi connectivity index (χ0n) is 19.7. The van der Waals surface area contributed by atoms with Crippen LogP contribution in [0, 0.1) is 6.92 Å². The van der Waals surface area contributed by atoms with Crippen molar-refractivity contribution in [3.05, 3.63) is 42.1 Å². The van der Waals surface area contributed by atoms with Crippen LogP contribution >= 0.6 is 0 Å². The molecule has 4 heterocycles. The van der Waals surface area contributed by atoms with Gasteiger partial charge in [0.2, 0.25) is 17.7 Å². The molecule has 0 amide bonds. The molecule has 0 bridgehead atoms. The minimum atomic E-state index is -0.213. The summed E-state index contributed by atoms with van der Waals surface area (Å²) >= 11 is 0. The van der Waals surface area contributed by atoms with Gasteiger partial charge in [-0.1, -0.05) is 0 Å². The number of aryl methyl sites for hydroxylation is 1. The average molecular weight is 467 g/mol. The molecule has 1 fully saturated rings. The standard InChI is InChI=1S/C23H30N8O3/c1-14(13-33-3)26-23-24-10-21-19(8-20(31(21)29-23)16-4-6-18(32)7-5-16)17-9-25-30(11-17)12-22-28-27-15(2)34-22/h8-11,14,16,18,32H,4-7,12-13H2,1-3H3,(H,26,29)/t14-,16-,18-/m0/s1. The molecular weight excluding hydrogens is 436 g/mol. The zero-order valence-corrected chi connectivity index (χ0v) is 19.7. The molecule has 1 saturated carbocycles. The second-order valence-corrected chi connectivity index (χ2v) is 9.01. The summed E-state index contributed by atoms with van der Waals surface area (Å²) in [5, 5.41) is 30.6. The molecular formula is C23H30N8O3. The number of aliphatic hydroxyl groups is 1. The zero-order chi connectivity index (χ0) is 23.7. The number of anilines is 1. The second-order valence-electron chi connectivity index (χ2n) is 9.01. The number of rotatable bonds is 8. The Morgan fingerprint density at radius 3 is 2.79 bits per heavy atom. The van der Waals surface area contributed by atoms with Gasteiger partial charge in [-0.15, -0.1) is 15.3 Å². The molecule has 0 aliphatic heterocycles. The molecule has 1 aliphatic carbocycles. The highest BCUT2D eigenvalue weighted by molar-refractivity contribution is 5.81. The van der Waals surface area contributed by atoms with Crippen LogP contribution in [-0.4, -0.2) is 65.5 Å². The number of ether oxygens (including phenoxy) is 1. The van der Waals surface area contributed by atoms with Gasteiger partial charge in [-0.2, -0.15) is 5.10 Å². The quantitative estimate of drug-likeness (QED) is 0.403. The largest absolute Gasteiger partial charge is 0.424 e. The van der Waals surface area contributed by atoms with Crippen LogP contribution in [0.15, 0.2) is 29.1 Å². The Labute approximate surface area is 197 Å². The summed E-state index contributed by atoms with van der Waals surface area (Å²) in [6, 6.07) is 2.27. The van der Waals surface area contributed by atoms with Crippen LogP contribution in [0.2, 0.25) is 0 Å². The summed E-state index contributed by atoms with van der Waals surface area (Å²) < 4.78 is 14.5. The first-order valence-corrected chi connectivity index (χ1v) is 11.6. The first kappa shape index (κ1) is 22.5. The fourth-order valence-corrected chi connectivity index (χ4v) is 4.62. The number of fused-ring (bicyclic) bond motifs is 1. The van der Waals surface area contributed by atoms with Gasteiger partial charge in [0.15, 0.2) is 0 Å². The van der Waals surface area contributed by atoms with Crippen molar-refractivity contribution in [2.24, 2.45) is 0 Å². The van der Waals surface area contributed by atoms with Crippen molar-refractivity contribution in [1.82, 2.24) is 34.6 Å².